The summed E-state index contributed by atoms with van der Waals surface area (Å²) in [6.45, 7) is 1.54. The molecule has 0 heterocycles. The lowest BCUT2D eigenvalue weighted by Gasteiger charge is -2.09. The first-order valence-corrected chi connectivity index (χ1v) is 7.30. The second kappa shape index (κ2) is 6.17. The molecule has 1 rings (SSSR count). The summed E-state index contributed by atoms with van der Waals surface area (Å²) in [7, 11) is -3.41. The Morgan fingerprint density at radius 1 is 1.39 bits per heavy atom. The summed E-state index contributed by atoms with van der Waals surface area (Å²) in [5.74, 6) is -1.18. The van der Waals surface area contributed by atoms with Crippen LogP contribution in [-0.2, 0) is 14.6 Å². The van der Waals surface area contributed by atoms with Crippen LogP contribution in [-0.4, -0.2) is 37.8 Å². The van der Waals surface area contributed by atoms with Gasteiger partial charge in [0.1, 0.15) is 6.04 Å². The number of benzene rings is 1. The number of carboxylic acids is 1. The number of hydrogen-bond donors (Lipinski definition) is 2. The van der Waals surface area contributed by atoms with E-state index < -0.39 is 21.8 Å². The summed E-state index contributed by atoms with van der Waals surface area (Å²) in [5.41, 5.74) is 0. The van der Waals surface area contributed by atoms with Gasteiger partial charge >= 0.3 is 5.97 Å². The summed E-state index contributed by atoms with van der Waals surface area (Å²) in [4.78, 5) is 10.7. The maximum absolute atomic E-state index is 11.9. The van der Waals surface area contributed by atoms with Crippen molar-refractivity contribution < 1.29 is 18.3 Å². The van der Waals surface area contributed by atoms with E-state index in [2.05, 4.69) is 5.32 Å². The van der Waals surface area contributed by atoms with Crippen LogP contribution in [0.3, 0.4) is 0 Å². The van der Waals surface area contributed by atoms with E-state index in [-0.39, 0.29) is 17.2 Å². The quantitative estimate of drug-likeness (QED) is 0.822. The fraction of sp³-hybridized carbons (Fsp3) is 0.364. The van der Waals surface area contributed by atoms with E-state index in [9.17, 15) is 13.2 Å². The summed E-state index contributed by atoms with van der Waals surface area (Å²) in [6, 6.07) is 5.09. The third kappa shape index (κ3) is 4.29. The predicted molar refractivity (Wildman–Crippen MR) is 68.6 cm³/mol. The molecule has 0 spiro atoms. The molecule has 0 bridgehead atoms. The average Bonchev–Trinajstić information content (AvgIpc) is 2.29. The third-order valence-electron chi connectivity index (χ3n) is 2.36. The van der Waals surface area contributed by atoms with Crippen LogP contribution in [0.1, 0.15) is 6.92 Å². The zero-order valence-corrected chi connectivity index (χ0v) is 11.3. The van der Waals surface area contributed by atoms with Crippen LogP contribution in [0.15, 0.2) is 29.2 Å². The van der Waals surface area contributed by atoms with Crippen molar-refractivity contribution in [3.8, 4) is 0 Å². The minimum Gasteiger partial charge on any atom is -0.480 e. The van der Waals surface area contributed by atoms with Gasteiger partial charge in [-0.2, -0.15) is 0 Å². The Balaban J connectivity index is 2.60. The molecule has 5 nitrogen and oxygen atoms in total. The molecule has 2 N–H and O–H groups in total. The van der Waals surface area contributed by atoms with Crippen LogP contribution < -0.4 is 5.32 Å². The maximum atomic E-state index is 11.9. The Morgan fingerprint density at radius 2 is 1.94 bits per heavy atom. The van der Waals surface area contributed by atoms with E-state index >= 15 is 0 Å². The van der Waals surface area contributed by atoms with Crippen molar-refractivity contribution in [3.63, 3.8) is 0 Å². The topological polar surface area (TPSA) is 83.5 Å². The van der Waals surface area contributed by atoms with Crippen molar-refractivity contribution >= 4 is 27.4 Å². The van der Waals surface area contributed by atoms with E-state index in [1.165, 1.54) is 31.2 Å². The van der Waals surface area contributed by atoms with Crippen LogP contribution in [0.25, 0.3) is 0 Å². The van der Waals surface area contributed by atoms with E-state index in [0.29, 0.717) is 5.02 Å². The molecule has 0 fully saturated rings. The van der Waals surface area contributed by atoms with Crippen LogP contribution in [0.4, 0.5) is 0 Å². The molecule has 1 aromatic carbocycles. The highest BCUT2D eigenvalue weighted by Crippen LogP contribution is 2.15. The molecule has 7 heteroatoms. The van der Waals surface area contributed by atoms with Crippen molar-refractivity contribution in [1.29, 1.82) is 0 Å². The van der Waals surface area contributed by atoms with Gasteiger partial charge in [0, 0.05) is 11.6 Å². The molecule has 100 valence electrons. The van der Waals surface area contributed by atoms with Gasteiger partial charge in [0.15, 0.2) is 9.84 Å². The van der Waals surface area contributed by atoms with Crippen molar-refractivity contribution in [2.24, 2.45) is 0 Å². The van der Waals surface area contributed by atoms with E-state index in [4.69, 9.17) is 16.7 Å². The van der Waals surface area contributed by atoms with Crippen molar-refractivity contribution in [2.45, 2.75) is 17.9 Å². The SMILES string of the molecule is C[C@@H](NCCS(=O)(=O)c1ccc(Cl)cc1)C(=O)O. The molecular formula is C11H14ClNO4S. The summed E-state index contributed by atoms with van der Waals surface area (Å²) >= 11 is 5.67. The molecule has 0 aliphatic carbocycles. The number of sulfone groups is 1. The van der Waals surface area contributed by atoms with Gasteiger partial charge in [-0.25, -0.2) is 8.42 Å². The minimum absolute atomic E-state index is 0.0818. The van der Waals surface area contributed by atoms with Gasteiger partial charge in [-0.05, 0) is 31.2 Å². The van der Waals surface area contributed by atoms with Gasteiger partial charge in [0.2, 0.25) is 0 Å². The van der Waals surface area contributed by atoms with Gasteiger partial charge in [-0.15, -0.1) is 0 Å². The second-order valence-electron chi connectivity index (χ2n) is 3.79. The van der Waals surface area contributed by atoms with Crippen LogP contribution in [0, 0.1) is 0 Å². The molecule has 0 unspecified atom stereocenters. The van der Waals surface area contributed by atoms with Crippen molar-refractivity contribution in [2.75, 3.05) is 12.3 Å². The number of aliphatic carboxylic acids is 1. The molecule has 18 heavy (non-hydrogen) atoms. The summed E-state index contributed by atoms with van der Waals surface area (Å²) in [5, 5.41) is 11.7. The molecule has 0 saturated heterocycles. The molecule has 0 aromatic heterocycles. The van der Waals surface area contributed by atoms with Crippen LogP contribution in [0.5, 0.6) is 0 Å². The monoisotopic (exact) mass is 291 g/mol. The number of hydrogen-bond acceptors (Lipinski definition) is 4. The van der Waals surface area contributed by atoms with Gasteiger partial charge in [0.05, 0.1) is 10.6 Å². The Labute approximate surface area is 111 Å². The average molecular weight is 292 g/mol. The lowest BCUT2D eigenvalue weighted by Crippen LogP contribution is -2.36. The number of rotatable bonds is 6. The predicted octanol–water partition coefficient (Wildman–Crippen LogP) is 1.18. The fourth-order valence-electron chi connectivity index (χ4n) is 1.26. The lowest BCUT2D eigenvalue weighted by molar-refractivity contribution is -0.138. The van der Waals surface area contributed by atoms with Crippen molar-refractivity contribution in [1.82, 2.24) is 5.32 Å². The van der Waals surface area contributed by atoms with E-state index in [1.54, 1.807) is 0 Å². The van der Waals surface area contributed by atoms with Gasteiger partial charge in [-0.3, -0.25) is 4.79 Å². The molecule has 1 atom stereocenters. The maximum Gasteiger partial charge on any atom is 0.320 e. The molecule has 0 amide bonds. The van der Waals surface area contributed by atoms with E-state index in [1.807, 2.05) is 0 Å². The van der Waals surface area contributed by atoms with Crippen molar-refractivity contribution in [3.05, 3.63) is 29.3 Å². The first kappa shape index (κ1) is 14.9. The zero-order chi connectivity index (χ0) is 13.8. The Kier molecular flexibility index (Phi) is 5.13. The fourth-order valence-corrected chi connectivity index (χ4v) is 2.56. The summed E-state index contributed by atoms with van der Waals surface area (Å²) < 4.78 is 23.7. The molecule has 0 aliphatic heterocycles. The minimum atomic E-state index is -3.41. The molecule has 1 aromatic rings. The molecule has 0 radical (unpaired) electrons. The highest BCUT2D eigenvalue weighted by atomic mass is 35.5. The zero-order valence-electron chi connectivity index (χ0n) is 9.76. The lowest BCUT2D eigenvalue weighted by atomic mass is 10.3. The number of halogens is 1. The van der Waals surface area contributed by atoms with Crippen LogP contribution in [0.2, 0.25) is 5.02 Å². The third-order valence-corrected chi connectivity index (χ3v) is 4.35. The normalized spacial score (nSPS) is 13.2. The standard InChI is InChI=1S/C11H14ClNO4S/c1-8(11(14)15)13-6-7-18(16,17)10-4-2-9(12)3-5-10/h2-5,8,13H,6-7H2,1H3,(H,14,15)/t8-/m1/s1. The Morgan fingerprint density at radius 3 is 2.44 bits per heavy atom. The number of carbonyl (C=O) groups is 1. The molecule has 0 saturated carbocycles. The smallest absolute Gasteiger partial charge is 0.320 e. The first-order valence-electron chi connectivity index (χ1n) is 5.27. The highest BCUT2D eigenvalue weighted by Gasteiger charge is 2.16. The Hall–Kier alpha value is -1.11. The van der Waals surface area contributed by atoms with Gasteiger partial charge in [-0.1, -0.05) is 11.6 Å². The second-order valence-corrected chi connectivity index (χ2v) is 6.33. The first-order chi connectivity index (χ1) is 8.33. The summed E-state index contributed by atoms with van der Waals surface area (Å²) in [6.07, 6.45) is 0. The number of nitrogens with one attached hydrogen (secondary N) is 1. The van der Waals surface area contributed by atoms with E-state index in [0.717, 1.165) is 0 Å². The van der Waals surface area contributed by atoms with Crippen LogP contribution >= 0.6 is 11.6 Å². The highest BCUT2D eigenvalue weighted by molar-refractivity contribution is 7.91. The molecule has 0 aliphatic rings. The Bertz CT molecular complexity index is 512. The number of carboxylic acid groups (broad SMARTS) is 1. The van der Waals surface area contributed by atoms with Gasteiger partial charge in [0.25, 0.3) is 0 Å². The largest absolute Gasteiger partial charge is 0.480 e. The molecular weight excluding hydrogens is 278 g/mol. The van der Waals surface area contributed by atoms with Gasteiger partial charge < -0.3 is 10.4 Å².